The van der Waals surface area contributed by atoms with E-state index in [-0.39, 0.29) is 5.97 Å². The van der Waals surface area contributed by atoms with Gasteiger partial charge in [0, 0.05) is 19.6 Å². The summed E-state index contributed by atoms with van der Waals surface area (Å²) in [5.41, 5.74) is -0.499. The third-order valence-corrected chi connectivity index (χ3v) is 2.13. The van der Waals surface area contributed by atoms with Crippen LogP contribution in [-0.4, -0.2) is 37.6 Å². The van der Waals surface area contributed by atoms with Gasteiger partial charge in [0.2, 0.25) is 0 Å². The van der Waals surface area contributed by atoms with E-state index in [2.05, 4.69) is 18.1 Å². The second-order valence-corrected chi connectivity index (χ2v) is 4.15. The minimum atomic E-state index is -0.499. The van der Waals surface area contributed by atoms with Gasteiger partial charge in [0.15, 0.2) is 0 Å². The molecule has 0 saturated heterocycles. The second-order valence-electron chi connectivity index (χ2n) is 4.15. The van der Waals surface area contributed by atoms with Crippen LogP contribution >= 0.6 is 0 Å². The first-order valence-corrected chi connectivity index (χ1v) is 5.00. The van der Waals surface area contributed by atoms with Crippen molar-refractivity contribution >= 4 is 5.97 Å². The normalized spacial score (nSPS) is 11.2. The Labute approximate surface area is 92.4 Å². The van der Waals surface area contributed by atoms with Crippen molar-refractivity contribution in [2.24, 2.45) is 5.41 Å². The van der Waals surface area contributed by atoms with Crippen LogP contribution in [0.15, 0.2) is 25.3 Å². The molecule has 0 unspecified atom stereocenters. The number of esters is 1. The van der Waals surface area contributed by atoms with Crippen LogP contribution in [0.4, 0.5) is 0 Å². The smallest absolute Gasteiger partial charge is 0.312 e. The highest BCUT2D eigenvalue weighted by Crippen LogP contribution is 2.18. The molecule has 0 atom stereocenters. The van der Waals surface area contributed by atoms with E-state index in [4.69, 9.17) is 4.74 Å². The van der Waals surface area contributed by atoms with Crippen LogP contribution in [0, 0.1) is 5.41 Å². The molecule has 0 rings (SSSR count). The fourth-order valence-corrected chi connectivity index (χ4v) is 1.47. The molecule has 0 aromatic carbocycles. The van der Waals surface area contributed by atoms with Gasteiger partial charge >= 0.3 is 5.97 Å². The Bertz CT molecular complexity index is 224. The molecular formula is C12H21NO2. The van der Waals surface area contributed by atoms with E-state index in [1.807, 2.05) is 26.0 Å². The predicted molar refractivity (Wildman–Crippen MR) is 62.6 cm³/mol. The molecule has 0 aliphatic carbocycles. The van der Waals surface area contributed by atoms with E-state index in [0.717, 1.165) is 13.1 Å². The first-order valence-electron chi connectivity index (χ1n) is 5.00. The van der Waals surface area contributed by atoms with Crippen molar-refractivity contribution < 1.29 is 9.53 Å². The van der Waals surface area contributed by atoms with E-state index >= 15 is 0 Å². The van der Waals surface area contributed by atoms with Crippen LogP contribution in [0.1, 0.15) is 13.8 Å². The number of hydrogen-bond acceptors (Lipinski definition) is 3. The molecule has 0 radical (unpaired) electrons. The zero-order valence-corrected chi connectivity index (χ0v) is 9.95. The molecule has 0 amide bonds. The van der Waals surface area contributed by atoms with Gasteiger partial charge < -0.3 is 4.74 Å². The first kappa shape index (κ1) is 13.9. The lowest BCUT2D eigenvalue weighted by molar-refractivity contribution is -0.151. The Kier molecular flexibility index (Phi) is 5.94. The molecule has 0 aliphatic rings. The monoisotopic (exact) mass is 211 g/mol. The van der Waals surface area contributed by atoms with Crippen molar-refractivity contribution in [1.29, 1.82) is 0 Å². The van der Waals surface area contributed by atoms with E-state index in [9.17, 15) is 4.79 Å². The number of hydrogen-bond donors (Lipinski definition) is 0. The zero-order chi connectivity index (χ0) is 11.9. The van der Waals surface area contributed by atoms with Gasteiger partial charge in [-0.25, -0.2) is 0 Å². The van der Waals surface area contributed by atoms with E-state index in [1.165, 1.54) is 7.11 Å². The zero-order valence-electron chi connectivity index (χ0n) is 9.95. The van der Waals surface area contributed by atoms with Crippen molar-refractivity contribution in [3.8, 4) is 0 Å². The molecule has 0 aromatic heterocycles. The summed E-state index contributed by atoms with van der Waals surface area (Å²) >= 11 is 0. The summed E-state index contributed by atoms with van der Waals surface area (Å²) < 4.78 is 4.75. The van der Waals surface area contributed by atoms with Crippen molar-refractivity contribution in [3.05, 3.63) is 25.3 Å². The van der Waals surface area contributed by atoms with Gasteiger partial charge in [0.25, 0.3) is 0 Å². The number of carbonyl (C=O) groups excluding carboxylic acids is 1. The lowest BCUT2D eigenvalue weighted by Crippen LogP contribution is -2.40. The van der Waals surface area contributed by atoms with E-state index in [1.54, 1.807) is 0 Å². The number of ether oxygens (including phenoxy) is 1. The van der Waals surface area contributed by atoms with Crippen molar-refractivity contribution in [3.63, 3.8) is 0 Å². The van der Waals surface area contributed by atoms with Gasteiger partial charge in [0.05, 0.1) is 12.5 Å². The SMILES string of the molecule is C=CCN(CC=C)CC(C)(C)C(=O)OC. The van der Waals surface area contributed by atoms with E-state index in [0.29, 0.717) is 6.54 Å². The average molecular weight is 211 g/mol. The highest BCUT2D eigenvalue weighted by Gasteiger charge is 2.30. The maximum atomic E-state index is 11.5. The minimum Gasteiger partial charge on any atom is -0.469 e. The van der Waals surface area contributed by atoms with Crippen molar-refractivity contribution in [2.45, 2.75) is 13.8 Å². The summed E-state index contributed by atoms with van der Waals surface area (Å²) in [6, 6.07) is 0. The van der Waals surface area contributed by atoms with Crippen LogP contribution in [0.25, 0.3) is 0 Å². The summed E-state index contributed by atoms with van der Waals surface area (Å²) in [7, 11) is 1.41. The number of rotatable bonds is 7. The minimum absolute atomic E-state index is 0.194. The van der Waals surface area contributed by atoms with Crippen molar-refractivity contribution in [1.82, 2.24) is 4.90 Å². The molecule has 0 aromatic rings. The fraction of sp³-hybridized carbons (Fsp3) is 0.583. The molecule has 0 saturated carbocycles. The lowest BCUT2D eigenvalue weighted by Gasteiger charge is -2.29. The van der Waals surface area contributed by atoms with Gasteiger partial charge in [-0.15, -0.1) is 13.2 Å². The third-order valence-electron chi connectivity index (χ3n) is 2.13. The molecular weight excluding hydrogens is 190 g/mol. The number of nitrogens with zero attached hydrogens (tertiary/aromatic N) is 1. The topological polar surface area (TPSA) is 29.5 Å². The average Bonchev–Trinajstić information content (AvgIpc) is 2.16. The quantitative estimate of drug-likeness (QED) is 0.475. The molecule has 0 fully saturated rings. The summed E-state index contributed by atoms with van der Waals surface area (Å²) in [5, 5.41) is 0. The van der Waals surface area contributed by atoms with Gasteiger partial charge in [-0.05, 0) is 13.8 Å². The van der Waals surface area contributed by atoms with Crippen LogP contribution in [0.2, 0.25) is 0 Å². The van der Waals surface area contributed by atoms with Crippen LogP contribution in [-0.2, 0) is 9.53 Å². The largest absolute Gasteiger partial charge is 0.469 e. The molecule has 0 spiro atoms. The maximum Gasteiger partial charge on any atom is 0.312 e. The number of carbonyl (C=O) groups is 1. The molecule has 3 heteroatoms. The molecule has 0 N–H and O–H groups in total. The first-order chi connectivity index (χ1) is 6.97. The lowest BCUT2D eigenvalue weighted by atomic mass is 9.93. The highest BCUT2D eigenvalue weighted by atomic mass is 16.5. The van der Waals surface area contributed by atoms with Gasteiger partial charge in [-0.2, -0.15) is 0 Å². The fourth-order valence-electron chi connectivity index (χ4n) is 1.47. The summed E-state index contributed by atoms with van der Waals surface area (Å²) in [4.78, 5) is 13.6. The van der Waals surface area contributed by atoms with Crippen molar-refractivity contribution in [2.75, 3.05) is 26.7 Å². The third kappa shape index (κ3) is 4.79. The van der Waals surface area contributed by atoms with Crippen LogP contribution < -0.4 is 0 Å². The molecule has 15 heavy (non-hydrogen) atoms. The second kappa shape index (κ2) is 6.40. The Hall–Kier alpha value is -1.09. The molecule has 0 heterocycles. The molecule has 3 nitrogen and oxygen atoms in total. The van der Waals surface area contributed by atoms with E-state index < -0.39 is 5.41 Å². The number of methoxy groups -OCH3 is 1. The Morgan fingerprint density at radius 2 is 1.80 bits per heavy atom. The predicted octanol–water partition coefficient (Wildman–Crippen LogP) is 1.86. The molecule has 0 bridgehead atoms. The Balaban J connectivity index is 4.42. The Morgan fingerprint density at radius 3 is 2.13 bits per heavy atom. The van der Waals surface area contributed by atoms with Crippen LogP contribution in [0.5, 0.6) is 0 Å². The highest BCUT2D eigenvalue weighted by molar-refractivity contribution is 5.76. The van der Waals surface area contributed by atoms with Gasteiger partial charge in [-0.3, -0.25) is 9.69 Å². The molecule has 86 valence electrons. The van der Waals surface area contributed by atoms with Crippen LogP contribution in [0.3, 0.4) is 0 Å². The summed E-state index contributed by atoms with van der Waals surface area (Å²) in [5.74, 6) is -0.194. The maximum absolute atomic E-state index is 11.5. The van der Waals surface area contributed by atoms with Gasteiger partial charge in [0.1, 0.15) is 0 Å². The summed E-state index contributed by atoms with van der Waals surface area (Å²) in [6.45, 7) is 13.2. The molecule has 0 aliphatic heterocycles. The standard InChI is InChI=1S/C12H21NO2/c1-6-8-13(9-7-2)10-12(3,4)11(14)15-5/h6-7H,1-2,8-10H2,3-5H3. The summed E-state index contributed by atoms with van der Waals surface area (Å²) in [6.07, 6.45) is 3.63. The van der Waals surface area contributed by atoms with Gasteiger partial charge in [-0.1, -0.05) is 12.2 Å². The Morgan fingerprint density at radius 1 is 1.33 bits per heavy atom.